The molecule has 0 amide bonds. The van der Waals surface area contributed by atoms with Crippen LogP contribution in [-0.2, 0) is 6.54 Å². The molecule has 2 heteroatoms. The van der Waals surface area contributed by atoms with E-state index < -0.39 is 0 Å². The van der Waals surface area contributed by atoms with Crippen LogP contribution < -0.4 is 10.1 Å². The zero-order valence-corrected chi connectivity index (χ0v) is 11.6. The molecule has 0 saturated carbocycles. The topological polar surface area (TPSA) is 21.3 Å². The van der Waals surface area contributed by atoms with E-state index in [1.165, 1.54) is 6.42 Å². The molecule has 2 atom stereocenters. The van der Waals surface area contributed by atoms with Crippen LogP contribution in [0.3, 0.4) is 0 Å². The zero-order chi connectivity index (χ0) is 13.4. The van der Waals surface area contributed by atoms with Gasteiger partial charge in [0.1, 0.15) is 12.4 Å². The van der Waals surface area contributed by atoms with Gasteiger partial charge in [0, 0.05) is 18.2 Å². The van der Waals surface area contributed by atoms with Crippen molar-refractivity contribution in [3.8, 4) is 18.1 Å². The third-order valence-electron chi connectivity index (χ3n) is 3.40. The number of nitrogens with one attached hydrogen (secondary N) is 1. The quantitative estimate of drug-likeness (QED) is 0.745. The van der Waals surface area contributed by atoms with E-state index in [2.05, 4.69) is 38.1 Å². The zero-order valence-electron chi connectivity index (χ0n) is 11.6. The monoisotopic (exact) mass is 245 g/mol. The Balaban J connectivity index is 2.58. The second-order valence-corrected chi connectivity index (χ2v) is 4.66. The fourth-order valence-electron chi connectivity index (χ4n) is 1.74. The van der Waals surface area contributed by atoms with Crippen LogP contribution in [0.1, 0.15) is 32.8 Å². The van der Waals surface area contributed by atoms with Gasteiger partial charge in [0.15, 0.2) is 0 Å². The molecule has 1 rings (SSSR count). The molecule has 1 aromatic carbocycles. The molecule has 0 saturated heterocycles. The maximum absolute atomic E-state index is 5.53. The molecule has 0 heterocycles. The van der Waals surface area contributed by atoms with Gasteiger partial charge >= 0.3 is 0 Å². The maximum atomic E-state index is 5.53. The first kappa shape index (κ1) is 14.6. The summed E-state index contributed by atoms with van der Waals surface area (Å²) in [6.45, 7) is 7.83. The van der Waals surface area contributed by atoms with Gasteiger partial charge in [0.05, 0.1) is 0 Å². The van der Waals surface area contributed by atoms with Crippen molar-refractivity contribution in [2.24, 2.45) is 5.92 Å². The van der Waals surface area contributed by atoms with E-state index in [9.17, 15) is 0 Å². The minimum absolute atomic E-state index is 0.317. The molecule has 0 radical (unpaired) electrons. The lowest BCUT2D eigenvalue weighted by atomic mass is 10.0. The van der Waals surface area contributed by atoms with Crippen LogP contribution in [0.4, 0.5) is 0 Å². The third-order valence-corrected chi connectivity index (χ3v) is 3.40. The lowest BCUT2D eigenvalue weighted by molar-refractivity contribution is 0.356. The number of rotatable bonds is 7. The minimum Gasteiger partial charge on any atom is -0.481 e. The number of benzene rings is 1. The van der Waals surface area contributed by atoms with Gasteiger partial charge in [-0.15, -0.1) is 6.42 Å². The first-order valence-corrected chi connectivity index (χ1v) is 6.56. The molecule has 2 nitrogen and oxygen atoms in total. The highest BCUT2D eigenvalue weighted by Gasteiger charge is 2.10. The smallest absolute Gasteiger partial charge is 0.148 e. The molecule has 0 aliphatic rings. The second-order valence-electron chi connectivity index (χ2n) is 4.66. The van der Waals surface area contributed by atoms with Crippen molar-refractivity contribution in [2.45, 2.75) is 39.8 Å². The summed E-state index contributed by atoms with van der Waals surface area (Å²) in [6, 6.07) is 8.52. The number of ether oxygens (including phenoxy) is 1. The van der Waals surface area contributed by atoms with Gasteiger partial charge in [-0.2, -0.15) is 0 Å². The summed E-state index contributed by atoms with van der Waals surface area (Å²) in [5, 5.41) is 3.53. The van der Waals surface area contributed by atoms with Crippen LogP contribution in [0.15, 0.2) is 24.3 Å². The summed E-state index contributed by atoms with van der Waals surface area (Å²) < 4.78 is 5.53. The Morgan fingerprint density at radius 2 is 2.06 bits per heavy atom. The number of hydrogen-bond acceptors (Lipinski definition) is 2. The molecule has 98 valence electrons. The first-order chi connectivity index (χ1) is 8.69. The van der Waals surface area contributed by atoms with Crippen LogP contribution in [0.5, 0.6) is 5.75 Å². The van der Waals surface area contributed by atoms with E-state index >= 15 is 0 Å². The minimum atomic E-state index is 0.317. The summed E-state index contributed by atoms with van der Waals surface area (Å²) in [5.74, 6) is 4.04. The van der Waals surface area contributed by atoms with Crippen molar-refractivity contribution in [1.29, 1.82) is 0 Å². The highest BCUT2D eigenvalue weighted by Crippen LogP contribution is 2.18. The molecule has 0 spiro atoms. The molecule has 0 fully saturated rings. The number of hydrogen-bond donors (Lipinski definition) is 1. The number of para-hydroxylation sites is 1. The lowest BCUT2D eigenvalue weighted by Gasteiger charge is -2.20. The predicted molar refractivity (Wildman–Crippen MR) is 76.5 cm³/mol. The van der Waals surface area contributed by atoms with Crippen LogP contribution in [0.25, 0.3) is 0 Å². The Hall–Kier alpha value is -1.46. The summed E-state index contributed by atoms with van der Waals surface area (Å²) in [6.07, 6.45) is 6.40. The lowest BCUT2D eigenvalue weighted by Crippen LogP contribution is -2.31. The fraction of sp³-hybridized carbons (Fsp3) is 0.500. The summed E-state index contributed by atoms with van der Waals surface area (Å²) in [4.78, 5) is 0. The van der Waals surface area contributed by atoms with Crippen molar-refractivity contribution in [2.75, 3.05) is 6.61 Å². The molecule has 1 aromatic rings. The Labute approximate surface area is 111 Å². The molecule has 1 N–H and O–H groups in total. The molecular formula is C16H23NO. The van der Waals surface area contributed by atoms with Crippen molar-refractivity contribution in [1.82, 2.24) is 5.32 Å². The molecule has 18 heavy (non-hydrogen) atoms. The first-order valence-electron chi connectivity index (χ1n) is 6.56. The molecule has 0 aliphatic carbocycles. The van der Waals surface area contributed by atoms with Crippen LogP contribution in [0.2, 0.25) is 0 Å². The van der Waals surface area contributed by atoms with E-state index in [0.717, 1.165) is 17.9 Å². The fourth-order valence-corrected chi connectivity index (χ4v) is 1.74. The van der Waals surface area contributed by atoms with Gasteiger partial charge in [-0.25, -0.2) is 0 Å². The van der Waals surface area contributed by atoms with Gasteiger partial charge < -0.3 is 10.1 Å². The normalized spacial score (nSPS) is 13.7. The standard InChI is InChI=1S/C16H23NO/c1-5-11-18-16-10-8-7-9-15(16)12-17-14(4)13(3)6-2/h1,7-10,13-14,17H,6,11-12H2,2-4H3. The SMILES string of the molecule is C#CCOc1ccccc1CNC(C)C(C)CC. The average Bonchev–Trinajstić information content (AvgIpc) is 2.42. The van der Waals surface area contributed by atoms with Gasteiger partial charge in [0.2, 0.25) is 0 Å². The molecule has 0 aliphatic heterocycles. The van der Waals surface area contributed by atoms with Crippen molar-refractivity contribution in [3.05, 3.63) is 29.8 Å². The third kappa shape index (κ3) is 4.43. The predicted octanol–water partition coefficient (Wildman–Crippen LogP) is 3.22. The summed E-state index contributed by atoms with van der Waals surface area (Å²) in [5.41, 5.74) is 1.16. The molecular weight excluding hydrogens is 222 g/mol. The number of terminal acetylenes is 1. The Kier molecular flexibility index (Phi) is 6.32. The van der Waals surface area contributed by atoms with E-state index in [-0.39, 0.29) is 0 Å². The highest BCUT2D eigenvalue weighted by molar-refractivity contribution is 5.33. The molecule has 0 aromatic heterocycles. The Morgan fingerprint density at radius 3 is 2.72 bits per heavy atom. The maximum Gasteiger partial charge on any atom is 0.148 e. The van der Waals surface area contributed by atoms with Gasteiger partial charge in [-0.05, 0) is 18.9 Å². The van der Waals surface area contributed by atoms with Crippen LogP contribution >= 0.6 is 0 Å². The van der Waals surface area contributed by atoms with Gasteiger partial charge in [0.25, 0.3) is 0 Å². The van der Waals surface area contributed by atoms with Crippen molar-refractivity contribution in [3.63, 3.8) is 0 Å². The van der Waals surface area contributed by atoms with Crippen LogP contribution in [0, 0.1) is 18.3 Å². The molecule has 2 unspecified atom stereocenters. The van der Waals surface area contributed by atoms with Crippen molar-refractivity contribution < 1.29 is 4.74 Å². The highest BCUT2D eigenvalue weighted by atomic mass is 16.5. The Morgan fingerprint density at radius 1 is 1.33 bits per heavy atom. The second kappa shape index (κ2) is 7.79. The van der Waals surface area contributed by atoms with Crippen molar-refractivity contribution >= 4 is 0 Å². The largest absolute Gasteiger partial charge is 0.481 e. The van der Waals surface area contributed by atoms with E-state index in [1.807, 2.05) is 18.2 Å². The summed E-state index contributed by atoms with van der Waals surface area (Å²) in [7, 11) is 0. The van der Waals surface area contributed by atoms with Gasteiger partial charge in [-0.1, -0.05) is 44.4 Å². The van der Waals surface area contributed by atoms with Gasteiger partial charge in [-0.3, -0.25) is 0 Å². The van der Waals surface area contributed by atoms with E-state index in [1.54, 1.807) is 0 Å². The summed E-state index contributed by atoms with van der Waals surface area (Å²) >= 11 is 0. The van der Waals surface area contributed by atoms with E-state index in [0.29, 0.717) is 18.6 Å². The molecule has 0 bridgehead atoms. The van der Waals surface area contributed by atoms with Crippen LogP contribution in [-0.4, -0.2) is 12.6 Å². The average molecular weight is 245 g/mol. The van der Waals surface area contributed by atoms with E-state index in [4.69, 9.17) is 11.2 Å². The Bertz CT molecular complexity index is 394.